The van der Waals surface area contributed by atoms with Crippen LogP contribution in [-0.2, 0) is 62.3 Å². The molecule has 0 aromatic carbocycles. The summed E-state index contributed by atoms with van der Waals surface area (Å²) in [5.74, 6) is -12.9. The van der Waals surface area contributed by atoms with Crippen LogP contribution in [0.2, 0.25) is 0 Å². The Bertz CT molecular complexity index is 3150. The molecule has 6 heterocycles. The van der Waals surface area contributed by atoms with Gasteiger partial charge in [-0.1, -0.05) is 96.6 Å². The van der Waals surface area contributed by atoms with Crippen molar-refractivity contribution in [3.63, 3.8) is 0 Å². The molecule has 10 rings (SSSR count). The van der Waals surface area contributed by atoms with E-state index < -0.39 is 205 Å². The Morgan fingerprint density at radius 2 is 1.25 bits per heavy atom. The summed E-state index contributed by atoms with van der Waals surface area (Å²) in [5, 5.41) is 8.68. The first kappa shape index (κ1) is 84.6. The van der Waals surface area contributed by atoms with Crippen molar-refractivity contribution in [1.82, 2.24) is 60.0 Å². The summed E-state index contributed by atoms with van der Waals surface area (Å²) in [7, 11) is 10.1. The Labute approximate surface area is 622 Å². The van der Waals surface area contributed by atoms with Crippen LogP contribution in [0.4, 0.5) is 22.0 Å². The predicted octanol–water partition coefficient (Wildman–Crippen LogP) is 6.10. The molecule has 6 aliphatic heterocycles. The molecule has 6 bridgehead atoms. The molecule has 0 aromatic heterocycles. The van der Waals surface area contributed by atoms with E-state index in [1.807, 2.05) is 13.0 Å². The highest BCUT2D eigenvalue weighted by atomic mass is 19.4. The van der Waals surface area contributed by atoms with Crippen LogP contribution in [0.5, 0.6) is 0 Å². The van der Waals surface area contributed by atoms with Gasteiger partial charge in [-0.05, 0) is 127 Å². The van der Waals surface area contributed by atoms with Crippen LogP contribution in [-0.4, -0.2) is 282 Å². The minimum atomic E-state index is -5.17. The molecule has 10 aliphatic rings. The zero-order valence-electron chi connectivity index (χ0n) is 64.3. The number of ether oxygens (including phenoxy) is 1. The molecule has 106 heavy (non-hydrogen) atoms. The van der Waals surface area contributed by atoms with Gasteiger partial charge in [-0.15, -0.1) is 0 Å². The Balaban J connectivity index is 1.24. The third-order valence-corrected chi connectivity index (χ3v) is 24.9. The van der Waals surface area contributed by atoms with Crippen molar-refractivity contribution in [3.05, 3.63) is 12.2 Å². The standard InChI is InChI=1S/C76H119F5N12O13/c1-12-46(4)64-72(103)87(7)45-62(96)89(9)56-28-19-16-22-37-92(71(56)102)59-40-48-31-29-47(30-32-48)24-17-15-18-27-55(66(97)83-64)88(8)61(95)42-58(69(100)85(5)13-2)90(10)73(104)65(50-25-20-21-26-50)91(11)74(105)75(35-23-36-75)84-67(98)57-41-51(106-14-3)43-93(57)68(99)54(82-60(94)44-86(6)70(59)101)34-33-49-38-52(77)63(53(78)39-49)76(79,80)81/h16,19,46-59,63-65H,12-15,17-18,20-45H2,1-11H3,(H,82,94)(H,83,97)(H,84,98)/b19-16-/t46-,47?,48?,49?,51+,52?,53?,54-,55-,56-,57-,58-,59-,63?,64-,65-/m0/s1. The number of carbonyl (C=O) groups excluding carboxylic acids is 12. The summed E-state index contributed by atoms with van der Waals surface area (Å²) in [6.45, 7) is 5.90. The van der Waals surface area contributed by atoms with Crippen molar-refractivity contribution in [2.24, 2.45) is 35.5 Å². The number of nitrogens with one attached hydrogen (secondary N) is 3. The van der Waals surface area contributed by atoms with Gasteiger partial charge in [-0.25, -0.2) is 8.78 Å². The number of hydrogen-bond donors (Lipinski definition) is 3. The van der Waals surface area contributed by atoms with Crippen molar-refractivity contribution in [3.8, 4) is 0 Å². The number of alkyl halides is 5. The third-order valence-electron chi connectivity index (χ3n) is 24.9. The van der Waals surface area contributed by atoms with E-state index in [4.69, 9.17) is 4.74 Å². The van der Waals surface area contributed by atoms with Gasteiger partial charge in [0, 0.05) is 82.0 Å². The highest BCUT2D eigenvalue weighted by Crippen LogP contribution is 2.45. The van der Waals surface area contributed by atoms with Gasteiger partial charge in [-0.2, -0.15) is 13.2 Å². The number of rotatable bonds is 10. The second-order valence-corrected chi connectivity index (χ2v) is 31.9. The number of halogens is 5. The normalized spacial score (nSPS) is 33.0. The van der Waals surface area contributed by atoms with Crippen molar-refractivity contribution in [2.75, 3.05) is 88.7 Å². The van der Waals surface area contributed by atoms with Crippen molar-refractivity contribution >= 4 is 70.9 Å². The van der Waals surface area contributed by atoms with E-state index in [0.717, 1.165) is 30.6 Å². The molecule has 2 unspecified atom stereocenters. The van der Waals surface area contributed by atoms with Gasteiger partial charge in [0.15, 0.2) is 0 Å². The maximum atomic E-state index is 15.7. The highest BCUT2D eigenvalue weighted by Gasteiger charge is 2.56. The van der Waals surface area contributed by atoms with Crippen LogP contribution in [0.1, 0.15) is 195 Å². The predicted molar refractivity (Wildman–Crippen MR) is 383 cm³/mol. The van der Waals surface area contributed by atoms with E-state index in [-0.39, 0.29) is 89.4 Å². The van der Waals surface area contributed by atoms with E-state index in [2.05, 4.69) is 16.0 Å². The molecule has 596 valence electrons. The van der Waals surface area contributed by atoms with Gasteiger partial charge >= 0.3 is 6.18 Å². The van der Waals surface area contributed by atoms with Crippen LogP contribution in [0, 0.1) is 35.5 Å². The number of nitrogens with zero attached hydrogens (tertiary/aromatic N) is 9. The first-order chi connectivity index (χ1) is 50.2. The monoisotopic (exact) mass is 1500 g/mol. The van der Waals surface area contributed by atoms with E-state index in [1.54, 1.807) is 26.8 Å². The first-order valence-electron chi connectivity index (χ1n) is 39.1. The second kappa shape index (κ2) is 37.4. The van der Waals surface area contributed by atoms with Crippen molar-refractivity contribution < 1.29 is 84.2 Å². The Kier molecular flexibility index (Phi) is 29.9. The Morgan fingerprint density at radius 1 is 0.623 bits per heavy atom. The second-order valence-electron chi connectivity index (χ2n) is 31.9. The lowest BCUT2D eigenvalue weighted by Crippen LogP contribution is -2.68. The fourth-order valence-electron chi connectivity index (χ4n) is 17.7. The van der Waals surface area contributed by atoms with Gasteiger partial charge < -0.3 is 64.8 Å². The zero-order valence-corrected chi connectivity index (χ0v) is 64.3. The van der Waals surface area contributed by atoms with Crippen LogP contribution in [0.3, 0.4) is 0 Å². The fraction of sp³-hybridized carbons (Fsp3) is 0.816. The summed E-state index contributed by atoms with van der Waals surface area (Å²) < 4.78 is 79.0. The average molecular weight is 1500 g/mol. The van der Waals surface area contributed by atoms with E-state index >= 15 is 47.1 Å². The molecule has 4 saturated carbocycles. The number of carbonyl (C=O) groups is 12. The maximum absolute atomic E-state index is 15.7. The SMILES string of the molecule is CCO[C@@H]1C[C@H]2C(=O)NC3(CCC3)C(=O)N(C)[C@@H](C3CCCC3)C(=O)N(C)[C@H](C(=O)N(C)CC)CC(=O)N(C)[C@H]3CCCCCC4CCC(CC4)C[C@@H](C(=O)N(C)CC(=O)N[C@@H](CCC4CC(F)C(C(F)(F)F)C(F)C4)C(=O)N2C1)N1CC/C=C\C[C@@H](C1=O)N(C)C(=O)CN(C)C(=O)[C@H]([C@@H](C)CC)NC3=O. The fourth-order valence-corrected chi connectivity index (χ4v) is 17.7. The van der Waals surface area contributed by atoms with E-state index in [1.165, 1.54) is 88.5 Å². The average Bonchev–Trinajstić information content (AvgIpc) is 1.40. The van der Waals surface area contributed by atoms with Gasteiger partial charge in [0.2, 0.25) is 70.9 Å². The molecular formula is C76H119F5N12O13. The minimum absolute atomic E-state index is 0.0226. The summed E-state index contributed by atoms with van der Waals surface area (Å²) in [6, 6.07) is -10.5. The van der Waals surface area contributed by atoms with E-state index in [9.17, 15) is 32.3 Å². The molecule has 12 amide bonds. The molecule has 5 saturated heterocycles. The summed E-state index contributed by atoms with van der Waals surface area (Å²) in [6.07, 6.45) is -0.557. The molecule has 4 aliphatic carbocycles. The van der Waals surface area contributed by atoms with Gasteiger partial charge in [-0.3, -0.25) is 57.5 Å². The summed E-state index contributed by atoms with van der Waals surface area (Å²) in [4.78, 5) is 194. The van der Waals surface area contributed by atoms with Gasteiger partial charge in [0.1, 0.15) is 72.1 Å². The van der Waals surface area contributed by atoms with Crippen molar-refractivity contribution in [2.45, 2.75) is 273 Å². The number of fused-ring (bicyclic) bond motifs is 22. The Hall–Kier alpha value is -7.01. The molecule has 9 fully saturated rings. The molecule has 1 spiro atoms. The topological polar surface area (TPSA) is 279 Å². The molecule has 0 radical (unpaired) electrons. The van der Waals surface area contributed by atoms with E-state index in [0.29, 0.717) is 70.6 Å². The van der Waals surface area contributed by atoms with Crippen LogP contribution >= 0.6 is 0 Å². The number of likely N-dealkylation sites (N-methyl/N-ethyl adjacent to an activating group) is 7. The van der Waals surface area contributed by atoms with Gasteiger partial charge in [0.25, 0.3) is 0 Å². The smallest absolute Gasteiger partial charge is 0.377 e. The first-order valence-corrected chi connectivity index (χ1v) is 39.1. The largest absolute Gasteiger partial charge is 0.397 e. The van der Waals surface area contributed by atoms with Crippen molar-refractivity contribution in [1.29, 1.82) is 0 Å². The quantitative estimate of drug-likeness (QED) is 0.127. The molecule has 30 heteroatoms. The summed E-state index contributed by atoms with van der Waals surface area (Å²) in [5.41, 5.74) is -1.64. The summed E-state index contributed by atoms with van der Waals surface area (Å²) >= 11 is 0. The Morgan fingerprint density at radius 3 is 1.86 bits per heavy atom. The van der Waals surface area contributed by atoms with Crippen LogP contribution in [0.25, 0.3) is 0 Å². The molecule has 0 aromatic rings. The minimum Gasteiger partial charge on any atom is -0.377 e. The third kappa shape index (κ3) is 20.1. The number of hydrogen-bond acceptors (Lipinski definition) is 13. The molecular weight excluding hydrogens is 1380 g/mol. The van der Waals surface area contributed by atoms with Crippen LogP contribution in [0.15, 0.2) is 12.2 Å². The highest BCUT2D eigenvalue weighted by molar-refractivity contribution is 6.01. The molecule has 3 N–H and O–H groups in total. The lowest BCUT2D eigenvalue weighted by molar-refractivity contribution is -0.219. The number of amides is 12. The lowest BCUT2D eigenvalue weighted by atomic mass is 9.74. The van der Waals surface area contributed by atoms with Crippen LogP contribution < -0.4 is 16.0 Å². The lowest BCUT2D eigenvalue weighted by Gasteiger charge is -2.46. The van der Waals surface area contributed by atoms with Gasteiger partial charge in [0.05, 0.1) is 25.6 Å². The maximum Gasteiger partial charge on any atom is 0.397 e. The zero-order chi connectivity index (χ0) is 77.8. The molecule has 25 nitrogen and oxygen atoms in total. The molecule has 12 atom stereocenters.